The molecule has 8 heteroatoms. The number of carbonyl (C=O) groups excluding carboxylic acids is 1. The van der Waals surface area contributed by atoms with Gasteiger partial charge in [-0.3, -0.25) is 0 Å². The van der Waals surface area contributed by atoms with Gasteiger partial charge >= 0.3 is 6.03 Å². The van der Waals surface area contributed by atoms with Gasteiger partial charge in [0.1, 0.15) is 5.75 Å². The average Bonchev–Trinajstić information content (AvgIpc) is 3.10. The summed E-state index contributed by atoms with van der Waals surface area (Å²) in [4.78, 5) is 22.3. The van der Waals surface area contributed by atoms with Crippen LogP contribution in [0.4, 0.5) is 10.5 Å². The summed E-state index contributed by atoms with van der Waals surface area (Å²) in [6, 6.07) is 12.5. The zero-order valence-corrected chi connectivity index (χ0v) is 16.1. The van der Waals surface area contributed by atoms with Crippen LogP contribution in [-0.4, -0.2) is 33.1 Å². The summed E-state index contributed by atoms with van der Waals surface area (Å²) < 4.78 is 10.8. The van der Waals surface area contributed by atoms with E-state index in [0.717, 1.165) is 0 Å². The summed E-state index contributed by atoms with van der Waals surface area (Å²) in [5.41, 5.74) is 0.561. The first-order valence-corrected chi connectivity index (χ1v) is 9.02. The number of para-hydroxylation sites is 1. The monoisotopic (exact) mass is 381 g/mol. The third-order valence-corrected chi connectivity index (χ3v) is 3.77. The first-order valence-electron chi connectivity index (χ1n) is 9.02. The summed E-state index contributed by atoms with van der Waals surface area (Å²) in [6.07, 6.45) is 2.26. The number of urea groups is 1. The van der Waals surface area contributed by atoms with Gasteiger partial charge in [0.25, 0.3) is 0 Å². The van der Waals surface area contributed by atoms with Gasteiger partial charge in [-0.2, -0.15) is 4.98 Å². The van der Waals surface area contributed by atoms with E-state index in [0.29, 0.717) is 41.4 Å². The number of ether oxygens (including phenoxy) is 1. The van der Waals surface area contributed by atoms with Crippen LogP contribution in [0, 0.1) is 5.92 Å². The van der Waals surface area contributed by atoms with Crippen LogP contribution in [0.1, 0.15) is 25.6 Å². The van der Waals surface area contributed by atoms with Crippen molar-refractivity contribution in [2.45, 2.75) is 26.8 Å². The molecule has 0 saturated carbocycles. The molecule has 2 aromatic heterocycles. The molecule has 0 fully saturated rings. The quantitative estimate of drug-likeness (QED) is 0.662. The Labute approximate surface area is 163 Å². The molecular weight excluding hydrogens is 358 g/mol. The van der Waals surface area contributed by atoms with E-state index in [9.17, 15) is 4.79 Å². The molecule has 146 valence electrons. The van der Waals surface area contributed by atoms with E-state index < -0.39 is 0 Å². The summed E-state index contributed by atoms with van der Waals surface area (Å²) in [5, 5.41) is 6.69. The number of benzene rings is 1. The zero-order chi connectivity index (χ0) is 19.9. The maximum atomic E-state index is 12.3. The molecule has 2 amide bonds. The van der Waals surface area contributed by atoms with Gasteiger partial charge in [0, 0.05) is 19.5 Å². The van der Waals surface area contributed by atoms with Crippen LogP contribution in [0.3, 0.4) is 0 Å². The van der Waals surface area contributed by atoms with Crippen molar-refractivity contribution in [3.63, 3.8) is 0 Å². The Bertz CT molecular complexity index is 894. The molecule has 0 aliphatic heterocycles. The van der Waals surface area contributed by atoms with E-state index in [2.05, 4.69) is 34.3 Å². The van der Waals surface area contributed by atoms with Crippen LogP contribution in [0.15, 0.2) is 53.2 Å². The zero-order valence-electron chi connectivity index (χ0n) is 16.1. The lowest BCUT2D eigenvalue weighted by Gasteiger charge is -2.16. The Morgan fingerprint density at radius 3 is 2.68 bits per heavy atom. The molecule has 0 bridgehead atoms. The molecule has 1 aromatic carbocycles. The number of hydrogen-bond acceptors (Lipinski definition) is 6. The van der Waals surface area contributed by atoms with Gasteiger partial charge in [-0.05, 0) is 24.1 Å². The second kappa shape index (κ2) is 8.98. The van der Waals surface area contributed by atoms with E-state index in [-0.39, 0.29) is 12.6 Å². The van der Waals surface area contributed by atoms with Crippen LogP contribution < -0.4 is 10.1 Å². The van der Waals surface area contributed by atoms with Crippen molar-refractivity contribution in [2.75, 3.05) is 12.4 Å². The van der Waals surface area contributed by atoms with Crippen LogP contribution in [-0.2, 0) is 13.0 Å². The Morgan fingerprint density at radius 2 is 2.00 bits per heavy atom. The summed E-state index contributed by atoms with van der Waals surface area (Å²) in [5.74, 6) is 2.62. The van der Waals surface area contributed by atoms with Crippen molar-refractivity contribution in [3.8, 4) is 11.6 Å². The molecule has 0 radical (unpaired) electrons. The minimum absolute atomic E-state index is 0.246. The van der Waals surface area contributed by atoms with Crippen LogP contribution in [0.2, 0.25) is 0 Å². The molecule has 0 atom stereocenters. The number of hydrogen-bond donors (Lipinski definition) is 1. The molecule has 8 nitrogen and oxygen atoms in total. The number of nitrogens with one attached hydrogen (secondary N) is 1. The fraction of sp³-hybridized carbons (Fsp3) is 0.300. The molecule has 0 aliphatic rings. The highest BCUT2D eigenvalue weighted by Gasteiger charge is 2.14. The third kappa shape index (κ3) is 5.54. The number of nitrogens with zero attached hydrogens (tertiary/aromatic N) is 4. The Hall–Kier alpha value is -3.42. The van der Waals surface area contributed by atoms with Crippen molar-refractivity contribution in [2.24, 2.45) is 5.92 Å². The van der Waals surface area contributed by atoms with Crippen molar-refractivity contribution in [1.82, 2.24) is 20.0 Å². The van der Waals surface area contributed by atoms with Crippen LogP contribution in [0.5, 0.6) is 11.6 Å². The van der Waals surface area contributed by atoms with Crippen molar-refractivity contribution in [3.05, 3.63) is 60.4 Å². The lowest BCUT2D eigenvalue weighted by molar-refractivity contribution is 0.219. The maximum Gasteiger partial charge on any atom is 0.322 e. The van der Waals surface area contributed by atoms with Gasteiger partial charge < -0.3 is 19.5 Å². The first-order chi connectivity index (χ1) is 13.5. The normalized spacial score (nSPS) is 10.7. The highest BCUT2D eigenvalue weighted by Crippen LogP contribution is 2.20. The number of rotatable bonds is 7. The van der Waals surface area contributed by atoms with Crippen LogP contribution >= 0.6 is 0 Å². The Kier molecular flexibility index (Phi) is 6.21. The summed E-state index contributed by atoms with van der Waals surface area (Å²) in [6.45, 7) is 4.40. The van der Waals surface area contributed by atoms with E-state index in [1.807, 2.05) is 30.3 Å². The molecule has 1 N–H and O–H groups in total. The smallest absolute Gasteiger partial charge is 0.322 e. The molecule has 0 unspecified atom stereocenters. The average molecular weight is 381 g/mol. The van der Waals surface area contributed by atoms with Gasteiger partial charge in [-0.15, -0.1) is 0 Å². The molecule has 3 aromatic rings. The minimum Gasteiger partial charge on any atom is -0.439 e. The third-order valence-electron chi connectivity index (χ3n) is 3.77. The number of pyridine rings is 1. The molecular formula is C20H23N5O3. The van der Waals surface area contributed by atoms with E-state index in [1.54, 1.807) is 25.4 Å². The Morgan fingerprint density at radius 1 is 1.21 bits per heavy atom. The highest BCUT2D eigenvalue weighted by molar-refractivity contribution is 5.88. The van der Waals surface area contributed by atoms with Gasteiger partial charge in [-0.1, -0.05) is 37.2 Å². The molecule has 3 rings (SSSR count). The standard InChI is InChI=1S/C20H23N5O3/c1-14(2)11-19-23-17(24-28-19)13-25(3)20(26)22-15-9-10-18(21-12-15)27-16-7-5-4-6-8-16/h4-10,12,14H,11,13H2,1-3H3,(H,22,26). The van der Waals surface area contributed by atoms with E-state index in [1.165, 1.54) is 4.90 Å². The van der Waals surface area contributed by atoms with E-state index in [4.69, 9.17) is 9.26 Å². The topological polar surface area (TPSA) is 93.4 Å². The minimum atomic E-state index is -0.297. The lowest BCUT2D eigenvalue weighted by Crippen LogP contribution is -2.31. The van der Waals surface area contributed by atoms with Crippen LogP contribution in [0.25, 0.3) is 0 Å². The summed E-state index contributed by atoms with van der Waals surface area (Å²) >= 11 is 0. The summed E-state index contributed by atoms with van der Waals surface area (Å²) in [7, 11) is 1.66. The second-order valence-corrected chi connectivity index (χ2v) is 6.79. The predicted octanol–water partition coefficient (Wildman–Crippen LogP) is 4.12. The first kappa shape index (κ1) is 19.3. The largest absolute Gasteiger partial charge is 0.439 e. The van der Waals surface area contributed by atoms with Crippen molar-refractivity contribution >= 4 is 11.7 Å². The number of amides is 2. The van der Waals surface area contributed by atoms with Gasteiger partial charge in [-0.25, -0.2) is 9.78 Å². The fourth-order valence-electron chi connectivity index (χ4n) is 2.41. The van der Waals surface area contributed by atoms with Crippen molar-refractivity contribution < 1.29 is 14.1 Å². The van der Waals surface area contributed by atoms with E-state index >= 15 is 0 Å². The number of carbonyl (C=O) groups is 1. The van der Waals surface area contributed by atoms with Crippen molar-refractivity contribution in [1.29, 1.82) is 0 Å². The Balaban J connectivity index is 1.52. The highest BCUT2D eigenvalue weighted by atomic mass is 16.5. The molecule has 0 aliphatic carbocycles. The molecule has 0 saturated heterocycles. The van der Waals surface area contributed by atoms with Gasteiger partial charge in [0.05, 0.1) is 18.4 Å². The fourth-order valence-corrected chi connectivity index (χ4v) is 2.41. The lowest BCUT2D eigenvalue weighted by atomic mass is 10.1. The molecule has 0 spiro atoms. The van der Waals surface area contributed by atoms with Gasteiger partial charge in [0.15, 0.2) is 5.82 Å². The molecule has 2 heterocycles. The number of anilines is 1. The predicted molar refractivity (Wildman–Crippen MR) is 104 cm³/mol. The molecule has 28 heavy (non-hydrogen) atoms. The maximum absolute atomic E-state index is 12.3. The second-order valence-electron chi connectivity index (χ2n) is 6.79. The number of aromatic nitrogens is 3. The SMILES string of the molecule is CC(C)Cc1nc(CN(C)C(=O)Nc2ccc(Oc3ccccc3)nc2)no1. The van der Waals surface area contributed by atoms with Gasteiger partial charge in [0.2, 0.25) is 11.8 Å².